The third kappa shape index (κ3) is 7.30. The van der Waals surface area contributed by atoms with Crippen molar-refractivity contribution in [1.82, 2.24) is 49.0 Å². The van der Waals surface area contributed by atoms with Crippen molar-refractivity contribution in [3.63, 3.8) is 0 Å². The summed E-state index contributed by atoms with van der Waals surface area (Å²) in [6.45, 7) is 1.75. The Bertz CT molecular complexity index is 2890. The summed E-state index contributed by atoms with van der Waals surface area (Å²) in [6.07, 6.45) is 17.3. The molecule has 306 valence electrons. The van der Waals surface area contributed by atoms with Gasteiger partial charge in [-0.05, 0) is 113 Å². The molecule has 0 saturated carbocycles. The first-order valence-corrected chi connectivity index (χ1v) is 22.0. The van der Waals surface area contributed by atoms with Gasteiger partial charge in [-0.1, -0.05) is 0 Å². The molecule has 2 aliphatic carbocycles. The minimum atomic E-state index is -0.716. The molecule has 3 aliphatic rings. The normalized spacial score (nSPS) is 18.1. The third-order valence-corrected chi connectivity index (χ3v) is 14.5. The van der Waals surface area contributed by atoms with Crippen molar-refractivity contribution in [2.45, 2.75) is 57.4 Å². The maximum absolute atomic E-state index is 13.3. The van der Waals surface area contributed by atoms with Crippen LogP contribution >= 0.6 is 22.7 Å². The number of anilines is 4. The highest BCUT2D eigenvalue weighted by Crippen LogP contribution is 2.42. The molecule has 60 heavy (non-hydrogen) atoms. The van der Waals surface area contributed by atoms with E-state index in [1.807, 2.05) is 47.2 Å². The van der Waals surface area contributed by atoms with Crippen LogP contribution in [0.3, 0.4) is 0 Å². The maximum atomic E-state index is 13.3. The zero-order chi connectivity index (χ0) is 40.9. The fourth-order valence-corrected chi connectivity index (χ4v) is 11.5. The van der Waals surface area contributed by atoms with E-state index in [0.717, 1.165) is 111 Å². The number of aromatic nitrogens is 8. The first-order chi connectivity index (χ1) is 29.3. The lowest BCUT2D eigenvalue weighted by Crippen LogP contribution is -2.47. The lowest BCUT2D eigenvalue weighted by molar-refractivity contribution is -0.142. The smallest absolute Gasteiger partial charge is 0.306 e. The number of hydrogen-bond acceptors (Lipinski definition) is 13. The molecule has 11 rings (SSSR count). The van der Waals surface area contributed by atoms with Crippen LogP contribution in [0.5, 0.6) is 0 Å². The van der Waals surface area contributed by atoms with Crippen LogP contribution in [0.25, 0.3) is 31.5 Å². The van der Waals surface area contributed by atoms with E-state index >= 15 is 0 Å². The monoisotopic (exact) mass is 840 g/mol. The number of amides is 1. The van der Waals surface area contributed by atoms with Crippen LogP contribution in [0, 0.1) is 11.8 Å². The van der Waals surface area contributed by atoms with Gasteiger partial charge in [0, 0.05) is 71.0 Å². The predicted molar refractivity (Wildman–Crippen MR) is 234 cm³/mol. The number of nitrogens with one attached hydrogen (secondary N) is 2. The van der Waals surface area contributed by atoms with Gasteiger partial charge >= 0.3 is 5.97 Å². The summed E-state index contributed by atoms with van der Waals surface area (Å²) in [7, 11) is 4.27. The van der Waals surface area contributed by atoms with Gasteiger partial charge in [0.2, 0.25) is 5.91 Å². The van der Waals surface area contributed by atoms with E-state index in [1.54, 1.807) is 52.2 Å². The lowest BCUT2D eigenvalue weighted by atomic mass is 9.86. The number of aryl methyl sites for hydroxylation is 2. The molecular formula is C43H44N12O3S2. The molecule has 1 fully saturated rings. The molecule has 3 N–H and O–H groups in total. The van der Waals surface area contributed by atoms with Gasteiger partial charge in [0.1, 0.15) is 34.0 Å². The Morgan fingerprint density at radius 1 is 0.717 bits per heavy atom. The summed E-state index contributed by atoms with van der Waals surface area (Å²) >= 11 is 3.30. The van der Waals surface area contributed by atoms with Crippen LogP contribution in [0.15, 0.2) is 73.8 Å². The van der Waals surface area contributed by atoms with Crippen molar-refractivity contribution in [2.75, 3.05) is 37.8 Å². The Morgan fingerprint density at radius 2 is 1.23 bits per heavy atom. The number of carbonyl (C=O) groups is 2. The van der Waals surface area contributed by atoms with Gasteiger partial charge in [0.25, 0.3) is 0 Å². The number of pyridine rings is 2. The Labute approximate surface area is 353 Å². The number of rotatable bonds is 7. The van der Waals surface area contributed by atoms with E-state index in [2.05, 4.69) is 70.7 Å². The number of thiophene rings is 2. The summed E-state index contributed by atoms with van der Waals surface area (Å²) in [4.78, 5) is 51.3. The number of carbonyl (C=O) groups excluding carboxylic acids is 1. The van der Waals surface area contributed by atoms with Crippen LogP contribution in [0.1, 0.15) is 46.6 Å². The van der Waals surface area contributed by atoms with E-state index in [4.69, 9.17) is 0 Å². The Kier molecular flexibility index (Phi) is 10.1. The van der Waals surface area contributed by atoms with Gasteiger partial charge in [0.15, 0.2) is 0 Å². The molecule has 9 heterocycles. The fourth-order valence-electron chi connectivity index (χ4n) is 8.96. The quantitative estimate of drug-likeness (QED) is 0.150. The first kappa shape index (κ1) is 38.2. The second kappa shape index (κ2) is 15.9. The molecule has 2 atom stereocenters. The van der Waals surface area contributed by atoms with Crippen LogP contribution in [-0.2, 0) is 35.3 Å². The zero-order valence-electron chi connectivity index (χ0n) is 33.3. The third-order valence-electron chi connectivity index (χ3n) is 12.2. The van der Waals surface area contributed by atoms with Crippen molar-refractivity contribution in [1.29, 1.82) is 0 Å². The van der Waals surface area contributed by atoms with Crippen LogP contribution < -0.4 is 10.6 Å². The molecule has 1 amide bonds. The van der Waals surface area contributed by atoms with Gasteiger partial charge < -0.3 is 25.5 Å². The fraction of sp³-hybridized carbons (Fsp3) is 0.349. The molecule has 1 aliphatic heterocycles. The van der Waals surface area contributed by atoms with Gasteiger partial charge in [-0.3, -0.25) is 9.59 Å². The number of likely N-dealkylation sites (tertiary alicyclic amines) is 1. The van der Waals surface area contributed by atoms with E-state index in [-0.39, 0.29) is 11.8 Å². The second-order valence-electron chi connectivity index (χ2n) is 16.0. The zero-order valence-corrected chi connectivity index (χ0v) is 34.9. The number of carboxylic acid groups (broad SMARTS) is 1. The Balaban J connectivity index is 0.000000149. The van der Waals surface area contributed by atoms with Crippen molar-refractivity contribution in [3.05, 3.63) is 94.7 Å². The molecule has 17 heteroatoms. The molecule has 15 nitrogen and oxygen atoms in total. The van der Waals surface area contributed by atoms with Crippen LogP contribution in [-0.4, -0.2) is 99.2 Å². The molecular weight excluding hydrogens is 797 g/mol. The van der Waals surface area contributed by atoms with E-state index in [0.29, 0.717) is 24.8 Å². The topological polar surface area (TPSA) is 171 Å². The number of aliphatic carboxylic acids is 1. The average molecular weight is 841 g/mol. The van der Waals surface area contributed by atoms with Crippen molar-refractivity contribution in [2.24, 2.45) is 11.8 Å². The Hall–Kier alpha value is -6.04. The highest BCUT2D eigenvalue weighted by Gasteiger charge is 2.34. The Morgan fingerprint density at radius 3 is 1.75 bits per heavy atom. The van der Waals surface area contributed by atoms with E-state index in [1.165, 1.54) is 16.0 Å². The number of carboxylic acids is 1. The highest BCUT2D eigenvalue weighted by molar-refractivity contribution is 7.19. The predicted octanol–water partition coefficient (Wildman–Crippen LogP) is 7.01. The second-order valence-corrected chi connectivity index (χ2v) is 18.2. The van der Waals surface area contributed by atoms with Crippen molar-refractivity contribution < 1.29 is 14.7 Å². The van der Waals surface area contributed by atoms with Crippen LogP contribution in [0.2, 0.25) is 0 Å². The van der Waals surface area contributed by atoms with Crippen molar-refractivity contribution >= 4 is 89.0 Å². The SMILES string of the molecule is CN(C)C1CCN(C(=O)[C@H]2CCc3c(sc4ncnc(Nc5ccn6nccc6c5)c34)C2)CC1.O=C(O)[C@H]1CCc2c(sc3ncnc(Nc4ccn5nccc5c4)c23)C1. The highest BCUT2D eigenvalue weighted by atomic mass is 32.1. The van der Waals surface area contributed by atoms with Gasteiger partial charge in [-0.2, -0.15) is 10.2 Å². The molecule has 8 aromatic rings. The number of fused-ring (bicyclic) bond motifs is 8. The van der Waals surface area contributed by atoms with Gasteiger partial charge in [0.05, 0.1) is 27.7 Å². The average Bonchev–Trinajstić information content (AvgIpc) is 4.08. The summed E-state index contributed by atoms with van der Waals surface area (Å²) in [5, 5.41) is 26.8. The summed E-state index contributed by atoms with van der Waals surface area (Å²) in [5.41, 5.74) is 6.42. The van der Waals surface area contributed by atoms with Crippen molar-refractivity contribution in [3.8, 4) is 0 Å². The lowest BCUT2D eigenvalue weighted by Gasteiger charge is -2.37. The number of hydrogen-bond donors (Lipinski definition) is 3. The van der Waals surface area contributed by atoms with E-state index < -0.39 is 5.97 Å². The molecule has 0 unspecified atom stereocenters. The standard InChI is InChI=1S/C25H29N7OS.C18H15N5O2S/c1-30(2)18-7-10-31(11-8-18)25(33)16-3-4-20-21(13-16)34-24-22(20)23(26-15-27-24)29-17-6-12-32-19(14-17)5-9-28-32;24-18(25)10-1-2-13-14(7-10)26-17-15(13)16(19-9-20-17)22-11-4-6-23-12(8-11)3-5-21-23/h5-6,9,12,14-16,18H,3-4,7-8,10-11,13H2,1-2H3,(H,26,27,29);3-6,8-10H,1-2,7H2,(H,24,25)(H,19,20,22)/t16-;10-/m00/s1. The minimum Gasteiger partial charge on any atom is -0.481 e. The van der Waals surface area contributed by atoms with E-state index in [9.17, 15) is 14.7 Å². The number of piperidine rings is 1. The number of nitrogens with zero attached hydrogens (tertiary/aromatic N) is 10. The molecule has 0 radical (unpaired) electrons. The molecule has 0 bridgehead atoms. The largest absolute Gasteiger partial charge is 0.481 e. The maximum Gasteiger partial charge on any atom is 0.306 e. The summed E-state index contributed by atoms with van der Waals surface area (Å²) in [6, 6.07) is 12.5. The minimum absolute atomic E-state index is 0.0742. The first-order valence-electron chi connectivity index (χ1n) is 20.3. The molecule has 1 saturated heterocycles. The summed E-state index contributed by atoms with van der Waals surface area (Å²) in [5.74, 6) is 0.992. The molecule has 0 spiro atoms. The molecule has 8 aromatic heterocycles. The van der Waals surface area contributed by atoms with Crippen LogP contribution in [0.4, 0.5) is 23.0 Å². The van der Waals surface area contributed by atoms with Gasteiger partial charge in [-0.25, -0.2) is 29.0 Å². The van der Waals surface area contributed by atoms with Gasteiger partial charge in [-0.15, -0.1) is 22.7 Å². The molecule has 0 aromatic carbocycles. The summed E-state index contributed by atoms with van der Waals surface area (Å²) < 4.78 is 3.65.